The molecule has 0 aliphatic heterocycles. The Morgan fingerprint density at radius 2 is 1.95 bits per heavy atom. The van der Waals surface area contributed by atoms with Crippen molar-refractivity contribution in [3.63, 3.8) is 0 Å². The van der Waals surface area contributed by atoms with Gasteiger partial charge < -0.3 is 4.74 Å². The number of ether oxygens (including phenoxy) is 1. The van der Waals surface area contributed by atoms with Crippen molar-refractivity contribution in [3.05, 3.63) is 24.3 Å². The lowest BCUT2D eigenvalue weighted by molar-refractivity contribution is -0.274. The van der Waals surface area contributed by atoms with Crippen molar-refractivity contribution in [1.29, 1.82) is 5.26 Å². The first-order valence-corrected chi connectivity index (χ1v) is 6.46. The minimum Gasteiger partial charge on any atom is -0.404 e. The van der Waals surface area contributed by atoms with Crippen LogP contribution in [0.25, 0.3) is 0 Å². The summed E-state index contributed by atoms with van der Waals surface area (Å²) < 4.78 is 65.1. The molecule has 0 saturated heterocycles. The molecule has 1 aromatic carbocycles. The summed E-state index contributed by atoms with van der Waals surface area (Å²) >= 11 is 0. The first-order chi connectivity index (χ1) is 8.65. The molecule has 1 aromatic rings. The summed E-state index contributed by atoms with van der Waals surface area (Å²) in [5, 5.41) is 7.11. The topological polar surface area (TPSA) is 79.2 Å². The molecule has 1 rings (SSSR count). The predicted octanol–water partition coefficient (Wildman–Crippen LogP) is 2.24. The summed E-state index contributed by atoms with van der Waals surface area (Å²) in [6.45, 7) is 1.11. The Morgan fingerprint density at radius 3 is 2.47 bits per heavy atom. The number of nitrogens with zero attached hydrogens (tertiary/aromatic N) is 1. The Morgan fingerprint density at radius 1 is 1.37 bits per heavy atom. The van der Waals surface area contributed by atoms with Crippen molar-refractivity contribution >= 4 is 15.7 Å². The number of rotatable bonds is 4. The van der Waals surface area contributed by atoms with Gasteiger partial charge in [0.1, 0.15) is 0 Å². The second-order valence-electron chi connectivity index (χ2n) is 3.46. The molecule has 1 unspecified atom stereocenters. The number of nitrogens with one attached hydrogen (secondary N) is 1. The smallest absolute Gasteiger partial charge is 0.404 e. The van der Waals surface area contributed by atoms with Crippen LogP contribution in [0.15, 0.2) is 24.3 Å². The van der Waals surface area contributed by atoms with E-state index in [9.17, 15) is 21.6 Å². The van der Waals surface area contributed by atoms with E-state index in [1.54, 1.807) is 0 Å². The lowest BCUT2D eigenvalue weighted by atomic mass is 10.3. The Labute approximate surface area is 107 Å². The van der Waals surface area contributed by atoms with Gasteiger partial charge in [-0.3, -0.25) is 4.72 Å². The van der Waals surface area contributed by atoms with Crippen molar-refractivity contribution in [2.45, 2.75) is 18.5 Å². The Kier molecular flexibility index (Phi) is 4.26. The fraction of sp³-hybridized carbons (Fsp3) is 0.300. The second-order valence-corrected chi connectivity index (χ2v) is 5.46. The number of halogens is 3. The molecule has 104 valence electrons. The summed E-state index contributed by atoms with van der Waals surface area (Å²) in [5.41, 5.74) is -0.387. The first kappa shape index (κ1) is 15.1. The van der Waals surface area contributed by atoms with Crippen molar-refractivity contribution in [3.8, 4) is 11.8 Å². The van der Waals surface area contributed by atoms with Gasteiger partial charge >= 0.3 is 6.36 Å². The largest absolute Gasteiger partial charge is 0.573 e. The summed E-state index contributed by atoms with van der Waals surface area (Å²) in [4.78, 5) is 0. The third kappa shape index (κ3) is 4.33. The molecule has 9 heteroatoms. The van der Waals surface area contributed by atoms with E-state index in [-0.39, 0.29) is 5.69 Å². The van der Waals surface area contributed by atoms with Gasteiger partial charge in [0.15, 0.2) is 11.0 Å². The third-order valence-corrected chi connectivity index (χ3v) is 3.55. The van der Waals surface area contributed by atoms with Crippen LogP contribution < -0.4 is 9.46 Å². The molecule has 0 aliphatic rings. The summed E-state index contributed by atoms with van der Waals surface area (Å²) in [6, 6.07) is 6.13. The zero-order valence-corrected chi connectivity index (χ0v) is 10.4. The van der Waals surface area contributed by atoms with Crippen LogP contribution in [0.2, 0.25) is 0 Å². The molecular weight excluding hydrogens is 285 g/mol. The number of hydrogen-bond acceptors (Lipinski definition) is 4. The highest BCUT2D eigenvalue weighted by atomic mass is 32.2. The molecule has 0 fully saturated rings. The molecule has 0 amide bonds. The van der Waals surface area contributed by atoms with Gasteiger partial charge in [0.05, 0.1) is 11.8 Å². The number of hydrogen-bond donors (Lipinski definition) is 1. The molecular formula is C10H9F3N2O3S. The average molecular weight is 294 g/mol. The maximum atomic E-state index is 12.1. The predicted molar refractivity (Wildman–Crippen MR) is 60.7 cm³/mol. The number of nitriles is 1. The average Bonchev–Trinajstić information content (AvgIpc) is 2.28. The normalized spacial score (nSPS) is 13.4. The highest BCUT2D eigenvalue weighted by molar-refractivity contribution is 7.93. The fourth-order valence-corrected chi connectivity index (χ4v) is 1.87. The number of sulfonamides is 1. The maximum absolute atomic E-state index is 12.1. The SMILES string of the molecule is CC(C#N)S(=O)(=O)Nc1ccccc1OC(F)(F)F. The van der Waals surface area contributed by atoms with E-state index in [4.69, 9.17) is 5.26 Å². The van der Waals surface area contributed by atoms with Gasteiger partial charge in [0.2, 0.25) is 10.0 Å². The summed E-state index contributed by atoms with van der Waals surface area (Å²) in [7, 11) is -4.10. The maximum Gasteiger partial charge on any atom is 0.573 e. The molecule has 5 nitrogen and oxygen atoms in total. The van der Waals surface area contributed by atoms with Crippen LogP contribution >= 0.6 is 0 Å². The van der Waals surface area contributed by atoms with Gasteiger partial charge in [-0.25, -0.2) is 8.42 Å². The van der Waals surface area contributed by atoms with Crippen LogP contribution in [0.5, 0.6) is 5.75 Å². The lowest BCUT2D eigenvalue weighted by Gasteiger charge is -2.15. The molecule has 0 aliphatic carbocycles. The third-order valence-electron chi connectivity index (χ3n) is 2.01. The van der Waals surface area contributed by atoms with Crippen LogP contribution in [0, 0.1) is 11.3 Å². The van der Waals surface area contributed by atoms with E-state index in [0.717, 1.165) is 19.1 Å². The molecule has 1 atom stereocenters. The number of benzene rings is 1. The number of para-hydroxylation sites is 2. The van der Waals surface area contributed by atoms with Crippen molar-refractivity contribution in [1.82, 2.24) is 0 Å². The fourth-order valence-electron chi connectivity index (χ4n) is 1.08. The van der Waals surface area contributed by atoms with E-state index >= 15 is 0 Å². The van der Waals surface area contributed by atoms with Crippen molar-refractivity contribution in [2.24, 2.45) is 0 Å². The van der Waals surface area contributed by atoms with Gasteiger partial charge in [-0.05, 0) is 19.1 Å². The van der Waals surface area contributed by atoms with Crippen LogP contribution in [0.3, 0.4) is 0 Å². The number of alkyl halides is 3. The minimum absolute atomic E-state index is 0.387. The highest BCUT2D eigenvalue weighted by Crippen LogP contribution is 2.30. The number of anilines is 1. The van der Waals surface area contributed by atoms with Gasteiger partial charge in [-0.15, -0.1) is 13.2 Å². The van der Waals surface area contributed by atoms with Crippen LogP contribution in [-0.4, -0.2) is 20.0 Å². The molecule has 0 aromatic heterocycles. The Hall–Kier alpha value is -1.95. The van der Waals surface area contributed by atoms with E-state index in [0.29, 0.717) is 0 Å². The highest BCUT2D eigenvalue weighted by Gasteiger charge is 2.32. The molecule has 0 spiro atoms. The lowest BCUT2D eigenvalue weighted by Crippen LogP contribution is -2.25. The monoisotopic (exact) mass is 294 g/mol. The van der Waals surface area contributed by atoms with E-state index < -0.39 is 27.4 Å². The standard InChI is InChI=1S/C10H9F3N2O3S/c1-7(6-14)19(16,17)15-8-4-2-3-5-9(8)18-10(11,12)13/h2-5,7,15H,1H3. The van der Waals surface area contributed by atoms with E-state index in [1.807, 2.05) is 4.72 Å². The van der Waals surface area contributed by atoms with Gasteiger partial charge in [0, 0.05) is 0 Å². The summed E-state index contributed by atoms with van der Waals surface area (Å²) in [5.74, 6) is -0.691. The Balaban J connectivity index is 3.07. The summed E-state index contributed by atoms with van der Waals surface area (Å²) in [6.07, 6.45) is -4.94. The molecule has 0 heterocycles. The molecule has 0 radical (unpaired) electrons. The minimum atomic E-state index is -4.94. The van der Waals surface area contributed by atoms with Crippen molar-refractivity contribution < 1.29 is 26.3 Å². The quantitative estimate of drug-likeness (QED) is 0.923. The van der Waals surface area contributed by atoms with Crippen LogP contribution in [0.1, 0.15) is 6.92 Å². The van der Waals surface area contributed by atoms with Crippen molar-refractivity contribution in [2.75, 3.05) is 4.72 Å². The molecule has 0 saturated carbocycles. The molecule has 1 N–H and O–H groups in total. The van der Waals surface area contributed by atoms with Gasteiger partial charge in [-0.2, -0.15) is 5.26 Å². The Bertz CT molecular complexity index is 593. The first-order valence-electron chi connectivity index (χ1n) is 4.92. The van der Waals surface area contributed by atoms with Crippen LogP contribution in [0.4, 0.5) is 18.9 Å². The molecule has 19 heavy (non-hydrogen) atoms. The zero-order valence-electron chi connectivity index (χ0n) is 9.60. The van der Waals surface area contributed by atoms with E-state index in [1.165, 1.54) is 18.2 Å². The van der Waals surface area contributed by atoms with E-state index in [2.05, 4.69) is 4.74 Å². The van der Waals surface area contributed by atoms with Gasteiger partial charge in [-0.1, -0.05) is 12.1 Å². The second kappa shape index (κ2) is 5.36. The molecule has 0 bridgehead atoms. The van der Waals surface area contributed by atoms with Crippen LogP contribution in [-0.2, 0) is 10.0 Å². The zero-order chi connectivity index (χ0) is 14.7. The van der Waals surface area contributed by atoms with Gasteiger partial charge in [0.25, 0.3) is 0 Å².